The Balaban J connectivity index is 0.00000160. The van der Waals surface area contributed by atoms with Crippen LogP contribution in [0.15, 0.2) is 71.5 Å². The molecule has 0 radical (unpaired) electrons. The number of alkyl halides is 3. The van der Waals surface area contributed by atoms with E-state index in [2.05, 4.69) is 0 Å². The van der Waals surface area contributed by atoms with Gasteiger partial charge in [-0.15, -0.1) is 0 Å². The molecule has 0 saturated carbocycles. The minimum absolute atomic E-state index is 0. The summed E-state index contributed by atoms with van der Waals surface area (Å²) in [5.41, 5.74) is -2.04. The van der Waals surface area contributed by atoms with Crippen molar-refractivity contribution < 1.29 is 74.4 Å². The van der Waals surface area contributed by atoms with Gasteiger partial charge in [0.1, 0.15) is 11.3 Å². The van der Waals surface area contributed by atoms with Crippen LogP contribution in [0.5, 0.6) is 5.75 Å². The zero-order valence-electron chi connectivity index (χ0n) is 15.6. The van der Waals surface area contributed by atoms with Crippen molar-refractivity contribution in [2.24, 2.45) is 0 Å². The topological polar surface area (TPSA) is 122 Å². The van der Waals surface area contributed by atoms with Crippen LogP contribution in [0.4, 0.5) is 13.2 Å². The second-order valence-electron chi connectivity index (χ2n) is 6.21. The number of pyridine rings is 1. The number of fused-ring (bicyclic) bond motifs is 3. The molecule has 31 heavy (non-hydrogen) atoms. The molecule has 0 aliphatic carbocycles. The smallest absolute Gasteiger partial charge is 0.455 e. The summed E-state index contributed by atoms with van der Waals surface area (Å²) in [7, 11) is 0. The fourth-order valence-electron chi connectivity index (χ4n) is 3.32. The number of benzene rings is 3. The number of carbonyl (C=O) groups excluding carboxylic acids is 1. The molecule has 162 valence electrons. The van der Waals surface area contributed by atoms with Crippen molar-refractivity contribution in [3.63, 3.8) is 0 Å². The maximum atomic E-state index is 13.1. The summed E-state index contributed by atoms with van der Waals surface area (Å²) in [6, 6.07) is 18.0. The van der Waals surface area contributed by atoms with Gasteiger partial charge in [0.25, 0.3) is 11.3 Å². The molecule has 0 amide bonds. The van der Waals surface area contributed by atoms with Crippen LogP contribution in [0, 0.1) is 40.4 Å². The first-order chi connectivity index (χ1) is 13.3. The first-order valence-electron chi connectivity index (χ1n) is 8.27. The first kappa shape index (κ1) is 26.7. The Kier molecular flexibility index (Phi) is 8.48. The van der Waals surface area contributed by atoms with E-state index in [0.717, 1.165) is 4.57 Å². The van der Waals surface area contributed by atoms with Gasteiger partial charge in [0.15, 0.2) is 0 Å². The Bertz CT molecular complexity index is 1300. The molecular weight excluding hydrogens is 554 g/mol. The van der Waals surface area contributed by atoms with Crippen LogP contribution in [-0.4, -0.2) is 32.6 Å². The molecule has 4 aromatic rings. The molecule has 4 rings (SSSR count). The molecule has 1 heterocycles. The normalized spacial score (nSPS) is 10.7. The van der Waals surface area contributed by atoms with Crippen LogP contribution >= 0.6 is 0 Å². The molecule has 0 atom stereocenters. The van der Waals surface area contributed by atoms with Crippen LogP contribution in [0.2, 0.25) is 0 Å². The van der Waals surface area contributed by atoms with Gasteiger partial charge < -0.3 is 16.1 Å². The molecule has 0 aliphatic heterocycles. The number of nitrogens with zero attached hydrogens (tertiary/aromatic N) is 1. The molecule has 6 nitrogen and oxygen atoms in total. The van der Waals surface area contributed by atoms with Gasteiger partial charge in [0.05, 0.1) is 5.52 Å². The van der Waals surface area contributed by atoms with Crippen LogP contribution in [-0.2, 0) is 0 Å². The largest absolute Gasteiger partial charge is 0.506 e. The standard InChI is InChI=1S/C21H12F3NO3.2H2O.Sm/c22-21(23,24)19(27)17-18(26)16-14-9-5-4-6-12(14)10-11-15(16)25(20(17)28)13-7-2-1-3-8-13;;;/h1-11,26H;2*1H2;. The summed E-state index contributed by atoms with van der Waals surface area (Å²) >= 11 is 0. The van der Waals surface area contributed by atoms with E-state index in [1.54, 1.807) is 48.5 Å². The number of carbonyl (C=O) groups is 1. The van der Waals surface area contributed by atoms with Crippen LogP contribution in [0.1, 0.15) is 10.4 Å². The molecule has 0 aliphatic rings. The van der Waals surface area contributed by atoms with E-state index < -0.39 is 28.8 Å². The van der Waals surface area contributed by atoms with Crippen molar-refractivity contribution in [3.8, 4) is 11.4 Å². The summed E-state index contributed by atoms with van der Waals surface area (Å²) < 4.78 is 40.4. The van der Waals surface area contributed by atoms with Crippen molar-refractivity contribution in [3.05, 3.63) is 82.6 Å². The number of aromatic hydroxyl groups is 1. The molecule has 5 N–H and O–H groups in total. The average molecular weight is 570 g/mol. The van der Waals surface area contributed by atoms with Gasteiger partial charge in [0, 0.05) is 51.5 Å². The Hall–Kier alpha value is -2.35. The molecule has 10 heteroatoms. The van der Waals surface area contributed by atoms with Gasteiger partial charge in [-0.3, -0.25) is 14.2 Å². The van der Waals surface area contributed by atoms with Crippen molar-refractivity contribution in [1.82, 2.24) is 4.57 Å². The third-order valence-corrected chi connectivity index (χ3v) is 4.54. The van der Waals surface area contributed by atoms with Gasteiger partial charge in [0.2, 0.25) is 0 Å². The van der Waals surface area contributed by atoms with Crippen molar-refractivity contribution >= 4 is 27.5 Å². The zero-order valence-corrected chi connectivity index (χ0v) is 18.2. The Morgan fingerprint density at radius 1 is 0.871 bits per heavy atom. The number of para-hydroxylation sites is 1. The molecule has 1 aromatic heterocycles. The molecule has 0 unspecified atom stereocenters. The van der Waals surface area contributed by atoms with Gasteiger partial charge in [-0.2, -0.15) is 13.2 Å². The number of aromatic nitrogens is 1. The number of rotatable bonds is 2. The maximum Gasteiger partial charge on any atom is 0.455 e. The van der Waals surface area contributed by atoms with Crippen molar-refractivity contribution in [1.29, 1.82) is 0 Å². The SMILES string of the molecule is O.O.O=C(c1c(O)c2c3ccccc3ccc2n(-c2ccccc2)c1=O)C(F)(F)F.[Sm]. The van der Waals surface area contributed by atoms with Crippen LogP contribution in [0.25, 0.3) is 27.4 Å². The number of hydrogen-bond acceptors (Lipinski definition) is 3. The van der Waals surface area contributed by atoms with Crippen LogP contribution in [0.3, 0.4) is 0 Å². The number of Topliss-reactive ketones (excluding diaryl/α,β-unsaturated/α-hetero) is 1. The predicted octanol–water partition coefficient (Wildman–Crippen LogP) is 2.95. The van der Waals surface area contributed by atoms with E-state index in [1.165, 1.54) is 18.2 Å². The Labute approximate surface area is 205 Å². The minimum atomic E-state index is -5.30. The van der Waals surface area contributed by atoms with Gasteiger partial charge >= 0.3 is 6.18 Å². The second-order valence-corrected chi connectivity index (χ2v) is 6.21. The van der Waals surface area contributed by atoms with E-state index in [-0.39, 0.29) is 67.9 Å². The summed E-state index contributed by atoms with van der Waals surface area (Å²) in [5, 5.41) is 11.7. The van der Waals surface area contributed by atoms with Gasteiger partial charge in [-0.05, 0) is 29.0 Å². The minimum Gasteiger partial charge on any atom is -0.506 e. The molecule has 0 saturated heterocycles. The number of hydrogen-bond donors (Lipinski definition) is 1. The van der Waals surface area contributed by atoms with E-state index in [0.29, 0.717) is 10.8 Å². The van der Waals surface area contributed by atoms with Gasteiger partial charge in [-0.25, -0.2) is 0 Å². The number of halogens is 3. The van der Waals surface area contributed by atoms with E-state index in [4.69, 9.17) is 0 Å². The molecular formula is C21H16F3NO5Sm. The molecule has 0 spiro atoms. The summed E-state index contributed by atoms with van der Waals surface area (Å²) in [5.74, 6) is -3.35. The van der Waals surface area contributed by atoms with E-state index in [9.17, 15) is 27.9 Å². The third kappa shape index (κ3) is 4.49. The van der Waals surface area contributed by atoms with E-state index in [1.807, 2.05) is 0 Å². The fraction of sp³-hybridized carbons (Fsp3) is 0.0476. The van der Waals surface area contributed by atoms with Gasteiger partial charge in [-0.1, -0.05) is 48.5 Å². The van der Waals surface area contributed by atoms with Crippen LogP contribution < -0.4 is 5.56 Å². The molecule has 3 aromatic carbocycles. The monoisotopic (exact) mass is 571 g/mol. The van der Waals surface area contributed by atoms with Crippen molar-refractivity contribution in [2.75, 3.05) is 0 Å². The summed E-state index contributed by atoms with van der Waals surface area (Å²) in [6.07, 6.45) is -5.30. The second kappa shape index (κ2) is 9.85. The quantitative estimate of drug-likeness (QED) is 0.295. The fourth-order valence-corrected chi connectivity index (χ4v) is 3.32. The average Bonchev–Trinajstić information content (AvgIpc) is 2.67. The first-order valence-corrected chi connectivity index (χ1v) is 8.27. The Morgan fingerprint density at radius 3 is 2.06 bits per heavy atom. The number of ketones is 1. The summed E-state index contributed by atoms with van der Waals surface area (Å²) in [6.45, 7) is 0. The van der Waals surface area contributed by atoms with E-state index >= 15 is 0 Å². The Morgan fingerprint density at radius 2 is 1.45 bits per heavy atom. The predicted molar refractivity (Wildman–Crippen MR) is 106 cm³/mol. The molecule has 0 fully saturated rings. The summed E-state index contributed by atoms with van der Waals surface area (Å²) in [4.78, 5) is 24.9. The zero-order chi connectivity index (χ0) is 20.1. The van der Waals surface area contributed by atoms with Crippen molar-refractivity contribution in [2.45, 2.75) is 6.18 Å². The maximum absolute atomic E-state index is 13.1. The molecule has 0 bridgehead atoms. The third-order valence-electron chi connectivity index (χ3n) is 4.54.